The van der Waals surface area contributed by atoms with Gasteiger partial charge in [0.15, 0.2) is 6.19 Å². The number of para-hydroxylation sites is 1. The van der Waals surface area contributed by atoms with Gasteiger partial charge >= 0.3 is 0 Å². The molecule has 0 saturated heterocycles. The van der Waals surface area contributed by atoms with E-state index in [1.165, 1.54) is 4.90 Å². The lowest BCUT2D eigenvalue weighted by molar-refractivity contribution is 0.600. The highest BCUT2D eigenvalue weighted by atomic mass is 32.2. The number of aromatic nitrogens is 2. The Hall–Kier alpha value is -1.98. The minimum absolute atomic E-state index is 0.0338. The summed E-state index contributed by atoms with van der Waals surface area (Å²) in [6.45, 7) is 0.202. The summed E-state index contributed by atoms with van der Waals surface area (Å²) in [4.78, 5) is 1.42. The Morgan fingerprint density at radius 3 is 2.53 bits per heavy atom. The van der Waals surface area contributed by atoms with E-state index in [9.17, 15) is 8.42 Å². The summed E-state index contributed by atoms with van der Waals surface area (Å²) in [5.41, 5.74) is 0.723. The van der Waals surface area contributed by atoms with Crippen molar-refractivity contribution in [1.82, 2.24) is 10.2 Å². The van der Waals surface area contributed by atoms with E-state index in [2.05, 4.69) is 10.2 Å². The first kappa shape index (κ1) is 13.5. The van der Waals surface area contributed by atoms with Crippen LogP contribution < -0.4 is 4.90 Å². The second-order valence-corrected chi connectivity index (χ2v) is 7.01. The first-order valence-corrected chi connectivity index (χ1v) is 7.96. The normalized spacial score (nSPS) is 10.9. The van der Waals surface area contributed by atoms with Gasteiger partial charge < -0.3 is 0 Å². The molecule has 0 radical (unpaired) electrons. The molecule has 0 N–H and O–H groups in total. The number of hydrogen-bond donors (Lipinski definition) is 0. The molecule has 0 fully saturated rings. The van der Waals surface area contributed by atoms with E-state index in [-0.39, 0.29) is 10.9 Å². The van der Waals surface area contributed by atoms with Crippen LogP contribution in [0, 0.1) is 11.5 Å². The third-order valence-corrected chi connectivity index (χ3v) is 4.82. The van der Waals surface area contributed by atoms with Gasteiger partial charge in [-0.3, -0.25) is 4.90 Å². The molecule has 0 aliphatic rings. The van der Waals surface area contributed by atoms with Crippen LogP contribution in [0.4, 0.5) is 5.69 Å². The third-order valence-electron chi connectivity index (χ3n) is 2.25. The second kappa shape index (κ2) is 5.34. The molecule has 0 amide bonds. The Labute approximate surface area is 114 Å². The van der Waals surface area contributed by atoms with Gasteiger partial charge in [0.1, 0.15) is 5.01 Å². The first-order valence-electron chi connectivity index (χ1n) is 5.25. The van der Waals surface area contributed by atoms with Crippen LogP contribution in [0.25, 0.3) is 0 Å². The van der Waals surface area contributed by atoms with E-state index >= 15 is 0 Å². The molecule has 2 rings (SSSR count). The zero-order chi connectivity index (χ0) is 13.9. The van der Waals surface area contributed by atoms with Gasteiger partial charge in [0.25, 0.3) is 0 Å². The van der Waals surface area contributed by atoms with Crippen molar-refractivity contribution in [1.29, 1.82) is 5.26 Å². The molecule has 0 saturated carbocycles. The van der Waals surface area contributed by atoms with Crippen LogP contribution in [0.5, 0.6) is 0 Å². The number of sulfone groups is 1. The number of anilines is 1. The summed E-state index contributed by atoms with van der Waals surface area (Å²) >= 11 is 0.975. The van der Waals surface area contributed by atoms with Gasteiger partial charge in [-0.2, -0.15) is 5.26 Å². The van der Waals surface area contributed by atoms with Crippen molar-refractivity contribution in [3.63, 3.8) is 0 Å². The first-order chi connectivity index (χ1) is 9.00. The van der Waals surface area contributed by atoms with Crippen molar-refractivity contribution in [2.75, 3.05) is 11.2 Å². The number of nitriles is 1. The molecule has 0 spiro atoms. The maximum absolute atomic E-state index is 11.3. The quantitative estimate of drug-likeness (QED) is 0.626. The Bertz CT molecular complexity index is 704. The average Bonchev–Trinajstić information content (AvgIpc) is 2.85. The van der Waals surface area contributed by atoms with Crippen LogP contribution >= 0.6 is 11.3 Å². The highest BCUT2D eigenvalue weighted by Gasteiger charge is 2.16. The Morgan fingerprint density at radius 2 is 2.00 bits per heavy atom. The fraction of sp³-hybridized carbons (Fsp3) is 0.182. The second-order valence-electron chi connectivity index (χ2n) is 3.76. The van der Waals surface area contributed by atoms with Crippen LogP contribution in [0.1, 0.15) is 5.01 Å². The fourth-order valence-corrected chi connectivity index (χ4v) is 3.02. The predicted octanol–water partition coefficient (Wildman–Crippen LogP) is 1.43. The highest BCUT2D eigenvalue weighted by Crippen LogP contribution is 2.20. The van der Waals surface area contributed by atoms with E-state index in [1.807, 2.05) is 24.4 Å². The molecule has 2 aromatic rings. The summed E-state index contributed by atoms with van der Waals surface area (Å²) in [6.07, 6.45) is 3.12. The largest absolute Gasteiger partial charge is 0.273 e. The van der Waals surface area contributed by atoms with Crippen molar-refractivity contribution in [2.24, 2.45) is 0 Å². The molecule has 0 unspecified atom stereocenters. The standard InChI is InChI=1S/C11H10N4O2S2/c1-19(16,17)11-14-13-10(18-11)7-15(8-12)9-5-3-2-4-6-9/h2-6H,7H2,1H3. The van der Waals surface area contributed by atoms with Crippen molar-refractivity contribution < 1.29 is 8.42 Å². The molecule has 8 heteroatoms. The summed E-state index contributed by atoms with van der Waals surface area (Å²) in [6, 6.07) is 9.08. The summed E-state index contributed by atoms with van der Waals surface area (Å²) in [5.74, 6) is 0. The molecule has 1 aromatic carbocycles. The molecule has 0 atom stereocenters. The van der Waals surface area contributed by atoms with Crippen molar-refractivity contribution in [2.45, 2.75) is 10.9 Å². The van der Waals surface area contributed by atoms with Crippen LogP contribution in [0.15, 0.2) is 34.7 Å². The molecule has 1 heterocycles. The molecule has 0 aliphatic heterocycles. The number of nitrogens with zero attached hydrogens (tertiary/aromatic N) is 4. The van der Waals surface area contributed by atoms with E-state index in [0.29, 0.717) is 5.01 Å². The molecule has 6 nitrogen and oxygen atoms in total. The minimum Gasteiger partial charge on any atom is -0.273 e. The SMILES string of the molecule is CS(=O)(=O)c1nnc(CN(C#N)c2ccccc2)s1. The fourth-order valence-electron chi connectivity index (χ4n) is 1.38. The van der Waals surface area contributed by atoms with Crippen molar-refractivity contribution in [3.05, 3.63) is 35.3 Å². The van der Waals surface area contributed by atoms with E-state index in [4.69, 9.17) is 5.26 Å². The molecule has 98 valence electrons. The third kappa shape index (κ3) is 3.27. The van der Waals surface area contributed by atoms with Gasteiger partial charge in [0, 0.05) is 6.26 Å². The smallest absolute Gasteiger partial charge is 0.232 e. The zero-order valence-electron chi connectivity index (χ0n) is 10.0. The molecule has 1 aromatic heterocycles. The predicted molar refractivity (Wildman–Crippen MR) is 71.3 cm³/mol. The van der Waals surface area contributed by atoms with Gasteiger partial charge in [-0.25, -0.2) is 8.42 Å². The molecular formula is C11H10N4O2S2. The summed E-state index contributed by atoms with van der Waals surface area (Å²) in [5, 5.41) is 17.0. The number of rotatable bonds is 4. The molecule has 19 heavy (non-hydrogen) atoms. The summed E-state index contributed by atoms with van der Waals surface area (Å²) in [7, 11) is -3.35. The Morgan fingerprint density at radius 1 is 1.32 bits per heavy atom. The van der Waals surface area contributed by atoms with E-state index < -0.39 is 9.84 Å². The Balaban J connectivity index is 2.21. The van der Waals surface area contributed by atoms with E-state index in [1.54, 1.807) is 12.1 Å². The van der Waals surface area contributed by atoms with Crippen LogP contribution in [-0.4, -0.2) is 24.9 Å². The average molecular weight is 294 g/mol. The van der Waals surface area contributed by atoms with Gasteiger partial charge in [0.05, 0.1) is 12.2 Å². The lowest BCUT2D eigenvalue weighted by Crippen LogP contribution is -2.15. The lowest BCUT2D eigenvalue weighted by Gasteiger charge is -2.12. The topological polar surface area (TPSA) is 87.0 Å². The van der Waals surface area contributed by atoms with Gasteiger partial charge in [-0.05, 0) is 12.1 Å². The number of benzene rings is 1. The maximum atomic E-state index is 11.3. The zero-order valence-corrected chi connectivity index (χ0v) is 11.6. The van der Waals surface area contributed by atoms with Crippen LogP contribution in [0.3, 0.4) is 0 Å². The van der Waals surface area contributed by atoms with Gasteiger partial charge in [-0.15, -0.1) is 10.2 Å². The molecular weight excluding hydrogens is 284 g/mol. The summed E-state index contributed by atoms with van der Waals surface area (Å²) < 4.78 is 22.6. The highest BCUT2D eigenvalue weighted by molar-refractivity contribution is 7.92. The lowest BCUT2D eigenvalue weighted by atomic mass is 10.3. The maximum Gasteiger partial charge on any atom is 0.232 e. The molecule has 0 aliphatic carbocycles. The Kier molecular flexibility index (Phi) is 3.78. The van der Waals surface area contributed by atoms with Crippen LogP contribution in [0.2, 0.25) is 0 Å². The minimum atomic E-state index is -3.35. The van der Waals surface area contributed by atoms with Gasteiger partial charge in [0.2, 0.25) is 14.2 Å². The van der Waals surface area contributed by atoms with Gasteiger partial charge in [-0.1, -0.05) is 29.5 Å². The molecule has 0 bridgehead atoms. The number of hydrogen-bond acceptors (Lipinski definition) is 7. The van der Waals surface area contributed by atoms with E-state index in [0.717, 1.165) is 23.3 Å². The van der Waals surface area contributed by atoms with Crippen molar-refractivity contribution in [3.8, 4) is 6.19 Å². The van der Waals surface area contributed by atoms with Crippen LogP contribution in [-0.2, 0) is 16.4 Å². The van der Waals surface area contributed by atoms with Crippen molar-refractivity contribution >= 4 is 26.9 Å². The monoisotopic (exact) mass is 294 g/mol.